The topological polar surface area (TPSA) is 97.6 Å². The minimum atomic E-state index is -0.389. The van der Waals surface area contributed by atoms with Crippen LogP contribution in [0.15, 0.2) is 76.2 Å². The largest absolute Gasteiger partial charge is 0.462 e. The van der Waals surface area contributed by atoms with Gasteiger partial charge in [-0.3, -0.25) is 9.59 Å². The standard InChI is InChI=1S/C25H26N2O5S/c1-3-4-14-32-25(30)18-10-12-19(13-11-18)26-23(28)17(2)33-21-8-5-7-20(16-21)27-24(29)22-9-6-15-31-22/h5-13,15-17H,3-4,14H2,1-2H3,(H,26,28)(H,27,29). The highest BCUT2D eigenvalue weighted by molar-refractivity contribution is 8.00. The second kappa shape index (κ2) is 11.9. The molecule has 1 aromatic heterocycles. The van der Waals surface area contributed by atoms with Gasteiger partial charge in [0.15, 0.2) is 5.76 Å². The number of ether oxygens (including phenoxy) is 1. The van der Waals surface area contributed by atoms with Crippen molar-refractivity contribution < 1.29 is 23.5 Å². The van der Waals surface area contributed by atoms with Crippen LogP contribution in [0.2, 0.25) is 0 Å². The Hall–Kier alpha value is -3.52. The lowest BCUT2D eigenvalue weighted by Gasteiger charge is -2.13. The molecule has 0 aliphatic carbocycles. The Morgan fingerprint density at radius 3 is 2.48 bits per heavy atom. The van der Waals surface area contributed by atoms with Crippen molar-refractivity contribution in [3.05, 3.63) is 78.3 Å². The molecule has 8 heteroatoms. The molecule has 0 bridgehead atoms. The molecule has 33 heavy (non-hydrogen) atoms. The maximum atomic E-state index is 12.6. The fraction of sp³-hybridized carbons (Fsp3) is 0.240. The molecule has 0 saturated heterocycles. The van der Waals surface area contributed by atoms with Crippen LogP contribution < -0.4 is 10.6 Å². The van der Waals surface area contributed by atoms with E-state index in [1.165, 1.54) is 18.0 Å². The summed E-state index contributed by atoms with van der Waals surface area (Å²) >= 11 is 1.37. The molecule has 0 aliphatic heterocycles. The van der Waals surface area contributed by atoms with Crippen LogP contribution in [0.5, 0.6) is 0 Å². The minimum absolute atomic E-state index is 0.178. The molecule has 1 heterocycles. The van der Waals surface area contributed by atoms with Gasteiger partial charge in [0.2, 0.25) is 5.91 Å². The van der Waals surface area contributed by atoms with E-state index in [0.717, 1.165) is 17.7 Å². The molecule has 0 saturated carbocycles. The van der Waals surface area contributed by atoms with E-state index in [4.69, 9.17) is 9.15 Å². The second-order valence-corrected chi connectivity index (χ2v) is 8.69. The van der Waals surface area contributed by atoms with Crippen molar-refractivity contribution in [2.45, 2.75) is 36.8 Å². The van der Waals surface area contributed by atoms with Crippen LogP contribution in [-0.4, -0.2) is 29.6 Å². The van der Waals surface area contributed by atoms with Gasteiger partial charge in [0, 0.05) is 16.3 Å². The van der Waals surface area contributed by atoms with Crippen molar-refractivity contribution in [3.8, 4) is 0 Å². The second-order valence-electron chi connectivity index (χ2n) is 7.28. The number of furan rings is 1. The van der Waals surface area contributed by atoms with Crippen molar-refractivity contribution in [3.63, 3.8) is 0 Å². The van der Waals surface area contributed by atoms with E-state index in [0.29, 0.717) is 23.5 Å². The van der Waals surface area contributed by atoms with E-state index in [1.54, 1.807) is 55.5 Å². The lowest BCUT2D eigenvalue weighted by Crippen LogP contribution is -2.22. The van der Waals surface area contributed by atoms with E-state index >= 15 is 0 Å². The molecule has 1 atom stereocenters. The Morgan fingerprint density at radius 1 is 1.00 bits per heavy atom. The molecule has 172 valence electrons. The van der Waals surface area contributed by atoms with Crippen molar-refractivity contribution in [1.29, 1.82) is 0 Å². The lowest BCUT2D eigenvalue weighted by atomic mass is 10.2. The highest BCUT2D eigenvalue weighted by Gasteiger charge is 2.16. The van der Waals surface area contributed by atoms with Crippen LogP contribution >= 0.6 is 11.8 Å². The van der Waals surface area contributed by atoms with Crippen LogP contribution in [0.4, 0.5) is 11.4 Å². The minimum Gasteiger partial charge on any atom is -0.462 e. The van der Waals surface area contributed by atoms with E-state index in [1.807, 2.05) is 19.1 Å². The summed E-state index contributed by atoms with van der Waals surface area (Å²) in [5, 5.41) is 5.24. The molecule has 3 aromatic rings. The molecule has 0 fully saturated rings. The molecule has 1 unspecified atom stereocenters. The van der Waals surface area contributed by atoms with Crippen LogP contribution in [-0.2, 0) is 9.53 Å². The van der Waals surface area contributed by atoms with Gasteiger partial charge in [-0.1, -0.05) is 19.4 Å². The number of carbonyl (C=O) groups excluding carboxylic acids is 3. The number of amides is 2. The molecule has 0 radical (unpaired) electrons. The molecule has 0 aliphatic rings. The zero-order valence-corrected chi connectivity index (χ0v) is 19.3. The third-order valence-electron chi connectivity index (χ3n) is 4.64. The number of unbranched alkanes of at least 4 members (excludes halogenated alkanes) is 1. The molecule has 3 rings (SSSR count). The van der Waals surface area contributed by atoms with Crippen LogP contribution in [0.3, 0.4) is 0 Å². The number of esters is 1. The van der Waals surface area contributed by atoms with E-state index in [2.05, 4.69) is 10.6 Å². The van der Waals surface area contributed by atoms with Gasteiger partial charge in [0.1, 0.15) is 0 Å². The smallest absolute Gasteiger partial charge is 0.338 e. The van der Waals surface area contributed by atoms with E-state index < -0.39 is 0 Å². The number of rotatable bonds is 10. The Kier molecular flexibility index (Phi) is 8.71. The molecule has 7 nitrogen and oxygen atoms in total. The first-order valence-electron chi connectivity index (χ1n) is 10.7. The van der Waals surface area contributed by atoms with Crippen molar-refractivity contribution in [2.75, 3.05) is 17.2 Å². The summed E-state index contributed by atoms with van der Waals surface area (Å²) in [6.07, 6.45) is 3.22. The predicted molar refractivity (Wildman–Crippen MR) is 129 cm³/mol. The number of thioether (sulfide) groups is 1. The number of benzene rings is 2. The summed E-state index contributed by atoms with van der Waals surface area (Å²) in [4.78, 5) is 37.6. The fourth-order valence-electron chi connectivity index (χ4n) is 2.83. The first-order valence-corrected chi connectivity index (χ1v) is 11.5. The van der Waals surface area contributed by atoms with Crippen molar-refractivity contribution in [1.82, 2.24) is 0 Å². The maximum Gasteiger partial charge on any atom is 0.338 e. The fourth-order valence-corrected chi connectivity index (χ4v) is 3.76. The SMILES string of the molecule is CCCCOC(=O)c1ccc(NC(=O)C(C)Sc2cccc(NC(=O)c3ccco3)c2)cc1. The Bertz CT molecular complexity index is 1080. The molecule has 0 spiro atoms. The van der Waals surface area contributed by atoms with Gasteiger partial charge in [-0.15, -0.1) is 11.8 Å². The zero-order valence-electron chi connectivity index (χ0n) is 18.5. The number of nitrogens with one attached hydrogen (secondary N) is 2. The number of carbonyl (C=O) groups is 3. The number of hydrogen-bond acceptors (Lipinski definition) is 6. The van der Waals surface area contributed by atoms with E-state index in [-0.39, 0.29) is 28.8 Å². The highest BCUT2D eigenvalue weighted by Crippen LogP contribution is 2.27. The van der Waals surface area contributed by atoms with Gasteiger partial charge >= 0.3 is 5.97 Å². The van der Waals surface area contributed by atoms with Gasteiger partial charge in [-0.25, -0.2) is 4.79 Å². The molecule has 2 N–H and O–H groups in total. The third kappa shape index (κ3) is 7.25. The summed E-state index contributed by atoms with van der Waals surface area (Å²) in [6.45, 7) is 4.23. The monoisotopic (exact) mass is 466 g/mol. The Morgan fingerprint density at radius 2 is 1.79 bits per heavy atom. The van der Waals surface area contributed by atoms with Gasteiger partial charge in [0.25, 0.3) is 5.91 Å². The molecular formula is C25H26N2O5S. The summed E-state index contributed by atoms with van der Waals surface area (Å²) < 4.78 is 10.3. The van der Waals surface area contributed by atoms with Gasteiger partial charge in [-0.05, 0) is 67.9 Å². The Labute approximate surface area is 196 Å². The number of hydrogen-bond donors (Lipinski definition) is 2. The third-order valence-corrected chi connectivity index (χ3v) is 5.73. The normalized spacial score (nSPS) is 11.5. The quantitative estimate of drug-likeness (QED) is 0.229. The summed E-state index contributed by atoms with van der Waals surface area (Å²) in [5.41, 5.74) is 1.65. The summed E-state index contributed by atoms with van der Waals surface area (Å²) in [5.74, 6) is -0.667. The van der Waals surface area contributed by atoms with E-state index in [9.17, 15) is 14.4 Å². The molecule has 2 aromatic carbocycles. The summed E-state index contributed by atoms with van der Waals surface area (Å²) in [7, 11) is 0. The zero-order chi connectivity index (χ0) is 23.6. The lowest BCUT2D eigenvalue weighted by molar-refractivity contribution is -0.115. The van der Waals surface area contributed by atoms with Crippen LogP contribution in [0.25, 0.3) is 0 Å². The average molecular weight is 467 g/mol. The highest BCUT2D eigenvalue weighted by atomic mass is 32.2. The van der Waals surface area contributed by atoms with Crippen LogP contribution in [0.1, 0.15) is 47.6 Å². The number of anilines is 2. The first-order chi connectivity index (χ1) is 16.0. The average Bonchev–Trinajstić information content (AvgIpc) is 3.35. The predicted octanol–water partition coefficient (Wildman–Crippen LogP) is 5.61. The van der Waals surface area contributed by atoms with Crippen molar-refractivity contribution in [2.24, 2.45) is 0 Å². The van der Waals surface area contributed by atoms with Gasteiger partial charge < -0.3 is 19.8 Å². The Balaban J connectivity index is 1.53. The van der Waals surface area contributed by atoms with Crippen molar-refractivity contribution >= 4 is 40.9 Å². The van der Waals surface area contributed by atoms with Crippen LogP contribution in [0, 0.1) is 0 Å². The van der Waals surface area contributed by atoms with Gasteiger partial charge in [-0.2, -0.15) is 0 Å². The maximum absolute atomic E-state index is 12.6. The summed E-state index contributed by atoms with van der Waals surface area (Å²) in [6, 6.07) is 17.1. The first kappa shape index (κ1) is 24.1. The molecular weight excluding hydrogens is 440 g/mol. The molecule has 2 amide bonds. The van der Waals surface area contributed by atoms with Gasteiger partial charge in [0.05, 0.1) is 23.7 Å².